The van der Waals surface area contributed by atoms with Gasteiger partial charge in [0.1, 0.15) is 23.2 Å². The van der Waals surface area contributed by atoms with Gasteiger partial charge >= 0.3 is 0 Å². The Hall–Kier alpha value is -3.28. The first-order valence-corrected chi connectivity index (χ1v) is 9.99. The Morgan fingerprint density at radius 1 is 0.897 bits per heavy atom. The van der Waals surface area contributed by atoms with Crippen LogP contribution in [0.25, 0.3) is 0 Å². The van der Waals surface area contributed by atoms with Crippen molar-refractivity contribution in [2.75, 3.05) is 48.4 Å². The number of aryl methyl sites for hydroxylation is 1. The van der Waals surface area contributed by atoms with Crippen LogP contribution in [0.3, 0.4) is 0 Å². The number of hydrogen-bond acceptors (Lipinski definition) is 6. The molecule has 0 unspecified atom stereocenters. The second-order valence-electron chi connectivity index (χ2n) is 7.17. The second kappa shape index (κ2) is 8.82. The largest absolute Gasteiger partial charge is 0.497 e. The van der Waals surface area contributed by atoms with Gasteiger partial charge < -0.3 is 19.9 Å². The second-order valence-corrected chi connectivity index (χ2v) is 7.17. The van der Waals surface area contributed by atoms with Crippen LogP contribution in [0.2, 0.25) is 0 Å². The minimum atomic E-state index is 0.710. The molecule has 1 fully saturated rings. The highest BCUT2D eigenvalue weighted by molar-refractivity contribution is 5.53. The van der Waals surface area contributed by atoms with E-state index >= 15 is 0 Å². The van der Waals surface area contributed by atoms with E-state index < -0.39 is 0 Å². The number of methoxy groups -OCH3 is 1. The van der Waals surface area contributed by atoms with Gasteiger partial charge in [-0.2, -0.15) is 0 Å². The Bertz CT molecular complexity index is 922. The SMILES string of the molecule is COc1ccc(CNc2cc(N3CCN(c4ccccc4)CC3)nc(C)n2)cc1. The number of anilines is 3. The average Bonchev–Trinajstić information content (AvgIpc) is 2.78. The van der Waals surface area contributed by atoms with Gasteiger partial charge in [0.25, 0.3) is 0 Å². The maximum absolute atomic E-state index is 5.22. The molecule has 150 valence electrons. The number of piperazine rings is 1. The van der Waals surface area contributed by atoms with Crippen molar-refractivity contribution in [1.82, 2.24) is 9.97 Å². The van der Waals surface area contributed by atoms with E-state index in [2.05, 4.69) is 73.6 Å². The molecule has 4 rings (SSSR count). The lowest BCUT2D eigenvalue weighted by Crippen LogP contribution is -2.46. The van der Waals surface area contributed by atoms with Crippen molar-refractivity contribution in [2.24, 2.45) is 0 Å². The summed E-state index contributed by atoms with van der Waals surface area (Å²) in [6.07, 6.45) is 0. The fourth-order valence-corrected chi connectivity index (χ4v) is 3.57. The third-order valence-corrected chi connectivity index (χ3v) is 5.18. The van der Waals surface area contributed by atoms with Crippen molar-refractivity contribution in [3.63, 3.8) is 0 Å². The van der Waals surface area contributed by atoms with Crippen molar-refractivity contribution < 1.29 is 4.74 Å². The van der Waals surface area contributed by atoms with Gasteiger partial charge in [-0.1, -0.05) is 30.3 Å². The predicted octanol–water partition coefficient (Wildman–Crippen LogP) is 3.73. The molecule has 1 aromatic heterocycles. The van der Waals surface area contributed by atoms with E-state index in [0.29, 0.717) is 6.54 Å². The monoisotopic (exact) mass is 389 g/mol. The van der Waals surface area contributed by atoms with E-state index in [1.54, 1.807) is 7.11 Å². The van der Waals surface area contributed by atoms with Gasteiger partial charge in [-0.3, -0.25) is 0 Å². The van der Waals surface area contributed by atoms with Crippen molar-refractivity contribution >= 4 is 17.3 Å². The van der Waals surface area contributed by atoms with Crippen molar-refractivity contribution in [3.05, 3.63) is 72.1 Å². The molecular weight excluding hydrogens is 362 g/mol. The van der Waals surface area contributed by atoms with Gasteiger partial charge in [-0.15, -0.1) is 0 Å². The number of nitrogens with one attached hydrogen (secondary N) is 1. The molecule has 1 aliphatic rings. The Kier molecular flexibility index (Phi) is 5.79. The summed E-state index contributed by atoms with van der Waals surface area (Å²) >= 11 is 0. The molecule has 3 aromatic rings. The molecule has 6 heteroatoms. The fraction of sp³-hybridized carbons (Fsp3) is 0.304. The van der Waals surface area contributed by atoms with E-state index in [9.17, 15) is 0 Å². The van der Waals surface area contributed by atoms with E-state index in [-0.39, 0.29) is 0 Å². The highest BCUT2D eigenvalue weighted by Crippen LogP contribution is 2.21. The number of aromatic nitrogens is 2. The number of ether oxygens (including phenoxy) is 1. The van der Waals surface area contributed by atoms with Gasteiger partial charge in [0.2, 0.25) is 0 Å². The topological polar surface area (TPSA) is 53.5 Å². The van der Waals surface area contributed by atoms with Crippen molar-refractivity contribution in [3.8, 4) is 5.75 Å². The van der Waals surface area contributed by atoms with Crippen LogP contribution in [0, 0.1) is 6.92 Å². The summed E-state index contributed by atoms with van der Waals surface area (Å²) in [5, 5.41) is 3.42. The Labute approximate surface area is 172 Å². The summed E-state index contributed by atoms with van der Waals surface area (Å²) < 4.78 is 5.22. The van der Waals surface area contributed by atoms with E-state index in [1.807, 2.05) is 19.1 Å². The lowest BCUT2D eigenvalue weighted by Gasteiger charge is -2.36. The molecule has 0 aliphatic carbocycles. The quantitative estimate of drug-likeness (QED) is 0.693. The predicted molar refractivity (Wildman–Crippen MR) is 118 cm³/mol. The minimum Gasteiger partial charge on any atom is -0.497 e. The summed E-state index contributed by atoms with van der Waals surface area (Å²) in [5.41, 5.74) is 2.47. The number of hydrogen-bond donors (Lipinski definition) is 1. The summed E-state index contributed by atoms with van der Waals surface area (Å²) in [4.78, 5) is 14.0. The fourth-order valence-electron chi connectivity index (χ4n) is 3.57. The molecule has 1 saturated heterocycles. The molecule has 0 radical (unpaired) electrons. The Morgan fingerprint density at radius 3 is 2.28 bits per heavy atom. The molecule has 29 heavy (non-hydrogen) atoms. The van der Waals surface area contributed by atoms with Crippen LogP contribution in [0.4, 0.5) is 17.3 Å². The van der Waals surface area contributed by atoms with Gasteiger partial charge in [-0.05, 0) is 36.8 Å². The van der Waals surface area contributed by atoms with Crippen LogP contribution in [0.1, 0.15) is 11.4 Å². The molecule has 0 amide bonds. The van der Waals surface area contributed by atoms with Gasteiger partial charge in [-0.25, -0.2) is 9.97 Å². The summed E-state index contributed by atoms with van der Waals surface area (Å²) in [7, 11) is 1.68. The summed E-state index contributed by atoms with van der Waals surface area (Å²) in [6, 6.07) is 20.7. The maximum atomic E-state index is 5.22. The third kappa shape index (κ3) is 4.77. The first kappa shape index (κ1) is 19.1. The molecule has 0 spiro atoms. The first-order valence-electron chi connectivity index (χ1n) is 9.99. The third-order valence-electron chi connectivity index (χ3n) is 5.18. The van der Waals surface area contributed by atoms with Crippen LogP contribution < -0.4 is 19.9 Å². The average molecular weight is 390 g/mol. The standard InChI is InChI=1S/C23H27N5O/c1-18-25-22(24-17-19-8-10-21(29-2)11-9-19)16-23(26-18)28-14-12-27(13-15-28)20-6-4-3-5-7-20/h3-11,16H,12-15,17H2,1-2H3,(H,24,25,26). The Balaban J connectivity index is 1.39. The van der Waals surface area contributed by atoms with E-state index in [0.717, 1.165) is 49.4 Å². The van der Waals surface area contributed by atoms with Crippen LogP contribution in [0.15, 0.2) is 60.7 Å². The van der Waals surface area contributed by atoms with E-state index in [4.69, 9.17) is 4.74 Å². The van der Waals surface area contributed by atoms with Crippen LogP contribution >= 0.6 is 0 Å². The molecule has 0 atom stereocenters. The number of benzene rings is 2. The lowest BCUT2D eigenvalue weighted by atomic mass is 10.2. The summed E-state index contributed by atoms with van der Waals surface area (Å²) in [6.45, 7) is 6.53. The normalized spacial score (nSPS) is 14.0. The number of nitrogens with zero attached hydrogens (tertiary/aromatic N) is 4. The molecule has 0 saturated carbocycles. The maximum Gasteiger partial charge on any atom is 0.134 e. The summed E-state index contributed by atoms with van der Waals surface area (Å²) in [5.74, 6) is 3.49. The molecule has 2 aromatic carbocycles. The zero-order chi connectivity index (χ0) is 20.1. The highest BCUT2D eigenvalue weighted by atomic mass is 16.5. The van der Waals surface area contributed by atoms with Crippen LogP contribution in [-0.4, -0.2) is 43.3 Å². The van der Waals surface area contributed by atoms with Gasteiger partial charge in [0, 0.05) is 44.5 Å². The van der Waals surface area contributed by atoms with E-state index in [1.165, 1.54) is 11.3 Å². The molecule has 0 bridgehead atoms. The first-order chi connectivity index (χ1) is 14.2. The number of para-hydroxylation sites is 1. The molecule has 2 heterocycles. The molecule has 6 nitrogen and oxygen atoms in total. The van der Waals surface area contributed by atoms with Crippen molar-refractivity contribution in [2.45, 2.75) is 13.5 Å². The highest BCUT2D eigenvalue weighted by Gasteiger charge is 2.19. The Morgan fingerprint density at radius 2 is 1.59 bits per heavy atom. The molecule has 1 N–H and O–H groups in total. The zero-order valence-electron chi connectivity index (χ0n) is 17.0. The molecule has 1 aliphatic heterocycles. The van der Waals surface area contributed by atoms with Crippen LogP contribution in [-0.2, 0) is 6.54 Å². The van der Waals surface area contributed by atoms with Crippen LogP contribution in [0.5, 0.6) is 5.75 Å². The zero-order valence-corrected chi connectivity index (χ0v) is 17.0. The van der Waals surface area contributed by atoms with Crippen molar-refractivity contribution in [1.29, 1.82) is 0 Å². The number of rotatable bonds is 6. The minimum absolute atomic E-state index is 0.710. The molecular formula is C23H27N5O. The van der Waals surface area contributed by atoms with Gasteiger partial charge in [0.05, 0.1) is 7.11 Å². The van der Waals surface area contributed by atoms with Gasteiger partial charge in [0.15, 0.2) is 0 Å². The lowest BCUT2D eigenvalue weighted by molar-refractivity contribution is 0.414. The smallest absolute Gasteiger partial charge is 0.134 e.